The minimum absolute atomic E-state index is 0.137. The van der Waals surface area contributed by atoms with Crippen molar-refractivity contribution in [3.05, 3.63) is 99.4 Å². The molecule has 0 aliphatic rings. The van der Waals surface area contributed by atoms with Crippen LogP contribution in [0.4, 0.5) is 0 Å². The van der Waals surface area contributed by atoms with E-state index in [2.05, 4.69) is 44.2 Å². The Balaban J connectivity index is 1.58. The first-order valence-electron chi connectivity index (χ1n) is 10.1. The largest absolute Gasteiger partial charge is 0.361 e. The lowest BCUT2D eigenvalue weighted by Crippen LogP contribution is -2.23. The topological polar surface area (TPSA) is 81.6 Å². The van der Waals surface area contributed by atoms with Crippen LogP contribution in [0.25, 0.3) is 10.9 Å². The molecule has 0 spiro atoms. The lowest BCUT2D eigenvalue weighted by Gasteiger charge is -2.18. The minimum atomic E-state index is -0.137. The Labute approximate surface area is 189 Å². The third kappa shape index (κ3) is 4.37. The van der Waals surface area contributed by atoms with E-state index in [1.807, 2.05) is 60.8 Å². The highest BCUT2D eigenvalue weighted by Gasteiger charge is 2.20. The molecule has 0 saturated carbocycles. The van der Waals surface area contributed by atoms with Gasteiger partial charge in [0.15, 0.2) is 0 Å². The average molecular weight is 473 g/mol. The van der Waals surface area contributed by atoms with Gasteiger partial charge in [0.25, 0.3) is 5.91 Å². The van der Waals surface area contributed by atoms with Gasteiger partial charge in [0, 0.05) is 39.3 Å². The van der Waals surface area contributed by atoms with Crippen LogP contribution in [0.3, 0.4) is 0 Å². The number of carbonyl (C=O) groups is 1. The van der Waals surface area contributed by atoms with E-state index in [9.17, 15) is 4.79 Å². The molecule has 6 heteroatoms. The number of nitrogens with one attached hydrogen (secondary N) is 2. The Morgan fingerprint density at radius 2 is 2.06 bits per heavy atom. The van der Waals surface area contributed by atoms with Crippen LogP contribution in [0.1, 0.15) is 52.0 Å². The van der Waals surface area contributed by atoms with Crippen molar-refractivity contribution in [1.82, 2.24) is 15.3 Å². The Morgan fingerprint density at radius 3 is 2.77 bits per heavy atom. The highest BCUT2D eigenvalue weighted by atomic mass is 79.9. The molecule has 5 nitrogen and oxygen atoms in total. The maximum atomic E-state index is 12.6. The summed E-state index contributed by atoms with van der Waals surface area (Å²) in [6.45, 7) is 2.53. The summed E-state index contributed by atoms with van der Waals surface area (Å²) in [5.74, 6) is 0.0174. The van der Waals surface area contributed by atoms with Gasteiger partial charge in [-0.1, -0.05) is 41.1 Å². The number of halogens is 1. The highest BCUT2D eigenvalue weighted by Crippen LogP contribution is 2.37. The lowest BCUT2D eigenvalue weighted by atomic mass is 9.88. The zero-order valence-electron chi connectivity index (χ0n) is 17.0. The third-order valence-corrected chi connectivity index (χ3v) is 6.11. The van der Waals surface area contributed by atoms with E-state index in [-0.39, 0.29) is 11.8 Å². The molecule has 31 heavy (non-hydrogen) atoms. The number of nitrogens with zero attached hydrogens (tertiary/aromatic N) is 2. The molecule has 4 rings (SSSR count). The number of amides is 1. The Bertz CT molecular complexity index is 1270. The number of benzene rings is 2. The normalized spacial score (nSPS) is 11.8. The number of pyridine rings is 1. The van der Waals surface area contributed by atoms with Crippen LogP contribution in [-0.4, -0.2) is 15.9 Å². The molecule has 4 aromatic rings. The van der Waals surface area contributed by atoms with Crippen molar-refractivity contribution in [2.75, 3.05) is 0 Å². The van der Waals surface area contributed by atoms with Crippen molar-refractivity contribution in [1.29, 1.82) is 5.26 Å². The fourth-order valence-corrected chi connectivity index (χ4v) is 4.50. The van der Waals surface area contributed by atoms with Crippen molar-refractivity contribution in [2.45, 2.75) is 25.8 Å². The van der Waals surface area contributed by atoms with E-state index < -0.39 is 0 Å². The smallest absolute Gasteiger partial charge is 0.251 e. The summed E-state index contributed by atoms with van der Waals surface area (Å²) in [4.78, 5) is 20.1. The van der Waals surface area contributed by atoms with Crippen LogP contribution in [0.2, 0.25) is 0 Å². The molecule has 2 aromatic heterocycles. The van der Waals surface area contributed by atoms with E-state index in [0.29, 0.717) is 17.7 Å². The molecule has 2 heterocycles. The van der Waals surface area contributed by atoms with E-state index in [1.165, 1.54) is 5.56 Å². The number of nitriles is 1. The van der Waals surface area contributed by atoms with Gasteiger partial charge in [0.2, 0.25) is 0 Å². The molecule has 0 radical (unpaired) electrons. The van der Waals surface area contributed by atoms with Crippen LogP contribution < -0.4 is 5.32 Å². The quantitative estimate of drug-likeness (QED) is 0.379. The van der Waals surface area contributed by atoms with Crippen LogP contribution in [0.15, 0.2) is 71.5 Å². The molecule has 1 atom stereocenters. The molecule has 0 aliphatic heterocycles. The summed E-state index contributed by atoms with van der Waals surface area (Å²) < 4.78 is 0.896. The molecule has 0 bridgehead atoms. The number of fused-ring (bicyclic) bond motifs is 1. The van der Waals surface area contributed by atoms with Crippen LogP contribution in [-0.2, 0) is 6.54 Å². The first-order valence-corrected chi connectivity index (χ1v) is 10.9. The number of carbonyl (C=O) groups excluding carboxylic acids is 1. The molecule has 154 valence electrons. The van der Waals surface area contributed by atoms with Gasteiger partial charge in [-0.25, -0.2) is 0 Å². The molecular formula is C25H21BrN4O. The summed E-state index contributed by atoms with van der Waals surface area (Å²) in [7, 11) is 0. The van der Waals surface area contributed by atoms with Crippen LogP contribution in [0, 0.1) is 11.3 Å². The van der Waals surface area contributed by atoms with Gasteiger partial charge in [-0.15, -0.1) is 0 Å². The summed E-state index contributed by atoms with van der Waals surface area (Å²) in [5, 5.41) is 13.2. The number of hydrogen-bond acceptors (Lipinski definition) is 3. The molecule has 0 fully saturated rings. The van der Waals surface area contributed by atoms with E-state index in [1.54, 1.807) is 6.20 Å². The third-order valence-electron chi connectivity index (χ3n) is 5.42. The molecule has 2 N–H and O–H groups in total. The summed E-state index contributed by atoms with van der Waals surface area (Å²) in [6, 6.07) is 19.3. The van der Waals surface area contributed by atoms with Gasteiger partial charge < -0.3 is 10.3 Å². The number of hydrogen-bond donors (Lipinski definition) is 2. The number of aromatic nitrogens is 2. The summed E-state index contributed by atoms with van der Waals surface area (Å²) in [5.41, 5.74) is 5.30. The first-order chi connectivity index (χ1) is 15.1. The second-order valence-corrected chi connectivity index (χ2v) is 8.17. The molecule has 0 aliphatic carbocycles. The average Bonchev–Trinajstić information content (AvgIpc) is 3.22. The van der Waals surface area contributed by atoms with E-state index in [0.717, 1.165) is 33.1 Å². The predicted octanol–water partition coefficient (Wildman–Crippen LogP) is 5.67. The van der Waals surface area contributed by atoms with Crippen molar-refractivity contribution in [2.24, 2.45) is 0 Å². The maximum Gasteiger partial charge on any atom is 0.251 e. The van der Waals surface area contributed by atoms with E-state index >= 15 is 0 Å². The first kappa shape index (κ1) is 20.8. The van der Waals surface area contributed by atoms with Gasteiger partial charge >= 0.3 is 0 Å². The van der Waals surface area contributed by atoms with Crippen molar-refractivity contribution >= 4 is 32.7 Å². The van der Waals surface area contributed by atoms with Crippen molar-refractivity contribution < 1.29 is 4.79 Å². The van der Waals surface area contributed by atoms with Gasteiger partial charge in [-0.3, -0.25) is 9.78 Å². The lowest BCUT2D eigenvalue weighted by molar-refractivity contribution is 0.0950. The second kappa shape index (κ2) is 9.15. The van der Waals surface area contributed by atoms with Gasteiger partial charge in [-0.2, -0.15) is 5.26 Å². The minimum Gasteiger partial charge on any atom is -0.361 e. The zero-order chi connectivity index (χ0) is 21.8. The molecule has 1 unspecified atom stereocenters. The Kier molecular flexibility index (Phi) is 6.15. The molecule has 2 aromatic carbocycles. The van der Waals surface area contributed by atoms with Crippen molar-refractivity contribution in [3.63, 3.8) is 0 Å². The fraction of sp³-hybridized carbons (Fsp3) is 0.160. The predicted molar refractivity (Wildman–Crippen MR) is 125 cm³/mol. The van der Waals surface area contributed by atoms with Gasteiger partial charge in [0.05, 0.1) is 23.9 Å². The maximum absolute atomic E-state index is 12.6. The SMILES string of the molecule is CCC(c1ccc(C(=O)NCc2ccccn2)cc1Br)c1c[nH]c2cc(C#N)ccc12. The fourth-order valence-electron chi connectivity index (χ4n) is 3.84. The van der Waals surface area contributed by atoms with Gasteiger partial charge in [0.1, 0.15) is 0 Å². The Morgan fingerprint density at radius 1 is 1.19 bits per heavy atom. The second-order valence-electron chi connectivity index (χ2n) is 7.32. The monoisotopic (exact) mass is 472 g/mol. The van der Waals surface area contributed by atoms with Crippen LogP contribution in [0.5, 0.6) is 0 Å². The number of H-pyrrole nitrogens is 1. The van der Waals surface area contributed by atoms with Gasteiger partial charge in [-0.05, 0) is 53.9 Å². The molecule has 0 saturated heterocycles. The van der Waals surface area contributed by atoms with E-state index in [4.69, 9.17) is 5.26 Å². The standard InChI is InChI=1S/C25H21BrN4O/c1-2-19(22-15-29-24-11-16(13-27)6-8-21(22)24)20-9-7-17(12-23(20)26)25(31)30-14-18-5-3-4-10-28-18/h3-12,15,19,29H,2,14H2,1H3,(H,30,31). The van der Waals surface area contributed by atoms with Crippen LogP contribution >= 0.6 is 15.9 Å². The highest BCUT2D eigenvalue weighted by molar-refractivity contribution is 9.10. The molecule has 1 amide bonds. The summed E-state index contributed by atoms with van der Waals surface area (Å²) in [6.07, 6.45) is 4.63. The van der Waals surface area contributed by atoms with Crippen molar-refractivity contribution in [3.8, 4) is 6.07 Å². The Hall–Kier alpha value is -3.43. The zero-order valence-corrected chi connectivity index (χ0v) is 18.6. The molecular weight excluding hydrogens is 452 g/mol. The summed E-state index contributed by atoms with van der Waals surface area (Å²) >= 11 is 3.68. The number of aromatic amines is 1. The number of rotatable bonds is 6.